The topological polar surface area (TPSA) is 21.3 Å². The first-order valence-electron chi connectivity index (χ1n) is 3.69. The van der Waals surface area contributed by atoms with Crippen molar-refractivity contribution >= 4 is 0 Å². The van der Waals surface area contributed by atoms with Crippen molar-refractivity contribution in [3.63, 3.8) is 0 Å². The van der Waals surface area contributed by atoms with E-state index in [4.69, 9.17) is 4.74 Å². The van der Waals surface area contributed by atoms with Gasteiger partial charge in [-0.05, 0) is 26.8 Å². The van der Waals surface area contributed by atoms with E-state index < -0.39 is 0 Å². The predicted octanol–water partition coefficient (Wildman–Crippen LogP) is 0.773. The normalized spacial score (nSPS) is 35.3. The van der Waals surface area contributed by atoms with E-state index in [0.29, 0.717) is 12.1 Å². The largest absolute Gasteiger partial charge is 0.377 e. The number of rotatable bonds is 2. The summed E-state index contributed by atoms with van der Waals surface area (Å²) in [4.78, 5) is 0. The van der Waals surface area contributed by atoms with Gasteiger partial charge < -0.3 is 10.1 Å². The summed E-state index contributed by atoms with van der Waals surface area (Å²) in [5.74, 6) is 0. The van der Waals surface area contributed by atoms with Crippen LogP contribution in [0.3, 0.4) is 0 Å². The monoisotopic (exact) mass is 129 g/mol. The lowest BCUT2D eigenvalue weighted by atomic mass is 10.2. The second-order valence-electron chi connectivity index (χ2n) is 2.53. The minimum atomic E-state index is 0.468. The average Bonchev–Trinajstić information content (AvgIpc) is 2.18. The molecule has 0 aromatic carbocycles. The van der Waals surface area contributed by atoms with Crippen LogP contribution < -0.4 is 5.32 Å². The Morgan fingerprint density at radius 2 is 2.44 bits per heavy atom. The molecule has 0 aromatic rings. The Hall–Kier alpha value is -0.0800. The molecule has 0 radical (unpaired) electrons. The van der Waals surface area contributed by atoms with Crippen LogP contribution >= 0.6 is 0 Å². The molecular weight excluding hydrogens is 114 g/mol. The average molecular weight is 129 g/mol. The molecule has 1 aliphatic rings. The fourth-order valence-corrected chi connectivity index (χ4v) is 1.28. The summed E-state index contributed by atoms with van der Waals surface area (Å²) >= 11 is 0. The first-order chi connectivity index (χ1) is 4.34. The van der Waals surface area contributed by atoms with Crippen molar-refractivity contribution in [1.82, 2.24) is 5.32 Å². The zero-order valence-electron chi connectivity index (χ0n) is 6.18. The molecule has 0 amide bonds. The van der Waals surface area contributed by atoms with Crippen LogP contribution in [0.25, 0.3) is 0 Å². The molecule has 0 spiro atoms. The molecule has 0 aliphatic carbocycles. The Morgan fingerprint density at radius 1 is 1.67 bits per heavy atom. The van der Waals surface area contributed by atoms with E-state index in [2.05, 4.69) is 12.2 Å². The molecule has 0 saturated carbocycles. The van der Waals surface area contributed by atoms with E-state index in [1.54, 1.807) is 0 Å². The van der Waals surface area contributed by atoms with Crippen molar-refractivity contribution in [3.05, 3.63) is 0 Å². The molecule has 1 heterocycles. The van der Waals surface area contributed by atoms with Gasteiger partial charge in [-0.3, -0.25) is 0 Å². The molecular formula is C7H15NO. The first-order valence-corrected chi connectivity index (χ1v) is 3.69. The van der Waals surface area contributed by atoms with Gasteiger partial charge in [0.15, 0.2) is 0 Å². The zero-order chi connectivity index (χ0) is 6.69. The minimum absolute atomic E-state index is 0.468. The van der Waals surface area contributed by atoms with Crippen LogP contribution in [0.15, 0.2) is 0 Å². The fourth-order valence-electron chi connectivity index (χ4n) is 1.28. The van der Waals surface area contributed by atoms with E-state index in [-0.39, 0.29) is 0 Å². The Bertz CT molecular complexity index is 85.0. The van der Waals surface area contributed by atoms with Gasteiger partial charge in [-0.25, -0.2) is 0 Å². The fraction of sp³-hybridized carbons (Fsp3) is 1.00. The summed E-state index contributed by atoms with van der Waals surface area (Å²) in [6, 6.07) is 0.560. The lowest BCUT2D eigenvalue weighted by Gasteiger charge is -2.13. The maximum absolute atomic E-state index is 5.45. The summed E-state index contributed by atoms with van der Waals surface area (Å²) in [6.07, 6.45) is 1.64. The smallest absolute Gasteiger partial charge is 0.0737 e. The SMILES string of the molecule is CCO[C@H]1CCN[C@@H]1C. The summed E-state index contributed by atoms with van der Waals surface area (Å²) in [5.41, 5.74) is 0. The maximum atomic E-state index is 5.45. The molecule has 1 saturated heterocycles. The summed E-state index contributed by atoms with van der Waals surface area (Å²) in [5, 5.41) is 3.33. The Kier molecular flexibility index (Phi) is 2.49. The van der Waals surface area contributed by atoms with E-state index in [1.165, 1.54) is 6.42 Å². The third-order valence-corrected chi connectivity index (χ3v) is 1.83. The number of hydrogen-bond donors (Lipinski definition) is 1. The van der Waals surface area contributed by atoms with Crippen LogP contribution in [0, 0.1) is 0 Å². The van der Waals surface area contributed by atoms with Gasteiger partial charge in [-0.15, -0.1) is 0 Å². The lowest BCUT2D eigenvalue weighted by Crippen LogP contribution is -2.28. The Balaban J connectivity index is 2.22. The molecule has 1 aliphatic heterocycles. The van der Waals surface area contributed by atoms with Crippen LogP contribution in [0.5, 0.6) is 0 Å². The molecule has 2 atom stereocenters. The minimum Gasteiger partial charge on any atom is -0.377 e. The van der Waals surface area contributed by atoms with Crippen molar-refractivity contribution in [2.75, 3.05) is 13.2 Å². The number of nitrogens with one attached hydrogen (secondary N) is 1. The highest BCUT2D eigenvalue weighted by Crippen LogP contribution is 2.09. The van der Waals surface area contributed by atoms with Gasteiger partial charge in [0.1, 0.15) is 0 Å². The second-order valence-corrected chi connectivity index (χ2v) is 2.53. The molecule has 2 heteroatoms. The number of ether oxygens (including phenoxy) is 1. The quantitative estimate of drug-likeness (QED) is 0.594. The molecule has 9 heavy (non-hydrogen) atoms. The Labute approximate surface area is 56.6 Å². The second kappa shape index (κ2) is 3.18. The predicted molar refractivity (Wildman–Crippen MR) is 37.5 cm³/mol. The lowest BCUT2D eigenvalue weighted by molar-refractivity contribution is 0.0583. The van der Waals surface area contributed by atoms with Crippen LogP contribution in [-0.2, 0) is 4.74 Å². The van der Waals surface area contributed by atoms with Gasteiger partial charge in [-0.2, -0.15) is 0 Å². The Morgan fingerprint density at radius 3 is 2.89 bits per heavy atom. The molecule has 54 valence electrons. The van der Waals surface area contributed by atoms with Gasteiger partial charge in [0.2, 0.25) is 0 Å². The highest BCUT2D eigenvalue weighted by Gasteiger charge is 2.22. The van der Waals surface area contributed by atoms with Crippen molar-refractivity contribution in [2.45, 2.75) is 32.4 Å². The third kappa shape index (κ3) is 1.66. The van der Waals surface area contributed by atoms with Crippen LogP contribution in [0.4, 0.5) is 0 Å². The van der Waals surface area contributed by atoms with Gasteiger partial charge in [-0.1, -0.05) is 0 Å². The van der Waals surface area contributed by atoms with Crippen molar-refractivity contribution in [2.24, 2.45) is 0 Å². The summed E-state index contributed by atoms with van der Waals surface area (Å²) < 4.78 is 5.45. The molecule has 2 nitrogen and oxygen atoms in total. The highest BCUT2D eigenvalue weighted by molar-refractivity contribution is 4.80. The molecule has 1 rings (SSSR count). The summed E-state index contributed by atoms with van der Waals surface area (Å²) in [6.45, 7) is 6.18. The van der Waals surface area contributed by atoms with Gasteiger partial charge in [0, 0.05) is 12.6 Å². The van der Waals surface area contributed by atoms with Crippen molar-refractivity contribution in [1.29, 1.82) is 0 Å². The molecule has 0 unspecified atom stereocenters. The molecule has 0 bridgehead atoms. The first kappa shape index (κ1) is 7.03. The molecule has 1 fully saturated rings. The van der Waals surface area contributed by atoms with Gasteiger partial charge in [0.05, 0.1) is 6.10 Å². The maximum Gasteiger partial charge on any atom is 0.0737 e. The van der Waals surface area contributed by atoms with Gasteiger partial charge in [0.25, 0.3) is 0 Å². The van der Waals surface area contributed by atoms with Gasteiger partial charge >= 0.3 is 0 Å². The highest BCUT2D eigenvalue weighted by atomic mass is 16.5. The standard InChI is InChI=1S/C7H15NO/c1-3-9-7-4-5-8-6(7)2/h6-8H,3-5H2,1-2H3/t6-,7+/m1/s1. The van der Waals surface area contributed by atoms with Crippen LogP contribution in [0.2, 0.25) is 0 Å². The number of hydrogen-bond acceptors (Lipinski definition) is 2. The molecule has 0 aromatic heterocycles. The third-order valence-electron chi connectivity index (χ3n) is 1.83. The molecule has 1 N–H and O–H groups in total. The van der Waals surface area contributed by atoms with Crippen molar-refractivity contribution in [3.8, 4) is 0 Å². The van der Waals surface area contributed by atoms with E-state index in [9.17, 15) is 0 Å². The van der Waals surface area contributed by atoms with E-state index in [0.717, 1.165) is 13.2 Å². The van der Waals surface area contributed by atoms with Crippen molar-refractivity contribution < 1.29 is 4.74 Å². The van der Waals surface area contributed by atoms with E-state index in [1.807, 2.05) is 6.92 Å². The van der Waals surface area contributed by atoms with E-state index >= 15 is 0 Å². The zero-order valence-corrected chi connectivity index (χ0v) is 6.18. The van der Waals surface area contributed by atoms with Crippen LogP contribution in [0.1, 0.15) is 20.3 Å². The van der Waals surface area contributed by atoms with Crippen LogP contribution in [-0.4, -0.2) is 25.3 Å². The summed E-state index contributed by atoms with van der Waals surface area (Å²) in [7, 11) is 0.